The van der Waals surface area contributed by atoms with E-state index >= 15 is 0 Å². The van der Waals surface area contributed by atoms with Crippen molar-refractivity contribution in [2.24, 2.45) is 0 Å². The van der Waals surface area contributed by atoms with Gasteiger partial charge in [-0.15, -0.1) is 0 Å². The lowest BCUT2D eigenvalue weighted by Gasteiger charge is -2.16. The van der Waals surface area contributed by atoms with Gasteiger partial charge >= 0.3 is 5.97 Å². The van der Waals surface area contributed by atoms with E-state index in [2.05, 4.69) is 26.1 Å². The van der Waals surface area contributed by atoms with E-state index in [4.69, 9.17) is 9.26 Å². The maximum Gasteiger partial charge on any atom is 0.321 e. The van der Waals surface area contributed by atoms with E-state index in [-0.39, 0.29) is 17.4 Å². The van der Waals surface area contributed by atoms with Crippen LogP contribution in [0.15, 0.2) is 62.4 Å². The van der Waals surface area contributed by atoms with Crippen molar-refractivity contribution in [2.45, 2.75) is 11.5 Å². The molecular formula is C18H15BrFN3O5S. The van der Waals surface area contributed by atoms with Gasteiger partial charge in [0.1, 0.15) is 12.4 Å². The van der Waals surface area contributed by atoms with E-state index in [0.29, 0.717) is 11.4 Å². The maximum absolute atomic E-state index is 13.0. The summed E-state index contributed by atoms with van der Waals surface area (Å²) in [6.07, 6.45) is 0. The number of aromatic nitrogens is 2. The zero-order chi connectivity index (χ0) is 21.0. The van der Waals surface area contributed by atoms with Crippen molar-refractivity contribution in [1.29, 1.82) is 0 Å². The van der Waals surface area contributed by atoms with Crippen LogP contribution in [0.3, 0.4) is 0 Å². The minimum Gasteiger partial charge on any atom is -0.455 e. The molecule has 3 rings (SSSR count). The number of ether oxygens (including phenoxy) is 1. The van der Waals surface area contributed by atoms with Crippen LogP contribution < -0.4 is 0 Å². The molecule has 0 aliphatic rings. The van der Waals surface area contributed by atoms with Gasteiger partial charge in [0.25, 0.3) is 5.89 Å². The number of halogens is 2. The van der Waals surface area contributed by atoms with Gasteiger partial charge in [0, 0.05) is 17.1 Å². The first-order chi connectivity index (χ1) is 13.8. The number of sulfonamides is 1. The number of rotatable bonds is 7. The Morgan fingerprint density at radius 1 is 1.24 bits per heavy atom. The molecule has 0 aliphatic carbocycles. The van der Waals surface area contributed by atoms with Gasteiger partial charge in [0.2, 0.25) is 15.8 Å². The SMILES string of the molecule is CN(CC(=O)OCc1nc(-c2cccc(Br)c2)no1)S(=O)(=O)c1ccc(F)cc1. The standard InChI is InChI=1S/C18H15BrFN3O5S/c1-23(29(25,26)15-7-5-14(20)6-8-15)10-17(24)27-11-16-21-18(22-28-16)12-3-2-4-13(19)9-12/h2-9H,10-11H2,1H3. The van der Waals surface area contributed by atoms with Gasteiger partial charge in [-0.1, -0.05) is 33.2 Å². The predicted octanol–water partition coefficient (Wildman–Crippen LogP) is 3.00. The van der Waals surface area contributed by atoms with Crippen LogP contribution in [0.25, 0.3) is 11.4 Å². The third-order valence-corrected chi connectivity index (χ3v) is 6.09. The molecule has 0 N–H and O–H groups in total. The zero-order valence-corrected chi connectivity index (χ0v) is 17.5. The molecule has 0 atom stereocenters. The summed E-state index contributed by atoms with van der Waals surface area (Å²) < 4.78 is 49.5. The number of hydrogen-bond donors (Lipinski definition) is 0. The summed E-state index contributed by atoms with van der Waals surface area (Å²) in [6, 6.07) is 11.5. The van der Waals surface area contributed by atoms with Crippen LogP contribution in [-0.2, 0) is 26.2 Å². The number of esters is 1. The normalized spacial score (nSPS) is 11.6. The molecule has 0 aliphatic heterocycles. The van der Waals surface area contributed by atoms with Crippen molar-refractivity contribution in [3.63, 3.8) is 0 Å². The minimum atomic E-state index is -3.96. The Hall–Kier alpha value is -2.63. The lowest BCUT2D eigenvalue weighted by atomic mass is 10.2. The van der Waals surface area contributed by atoms with E-state index in [9.17, 15) is 17.6 Å². The van der Waals surface area contributed by atoms with Crippen LogP contribution >= 0.6 is 15.9 Å². The number of carbonyl (C=O) groups excluding carboxylic acids is 1. The summed E-state index contributed by atoms with van der Waals surface area (Å²) in [4.78, 5) is 16.0. The highest BCUT2D eigenvalue weighted by Gasteiger charge is 2.24. The van der Waals surface area contributed by atoms with E-state index in [1.807, 2.05) is 12.1 Å². The van der Waals surface area contributed by atoms with Gasteiger partial charge in [0.15, 0.2) is 6.61 Å². The Labute approximate surface area is 174 Å². The second kappa shape index (κ2) is 8.80. The number of hydrogen-bond acceptors (Lipinski definition) is 7. The first kappa shape index (κ1) is 21.1. The summed E-state index contributed by atoms with van der Waals surface area (Å²) in [5.41, 5.74) is 0.714. The van der Waals surface area contributed by atoms with Crippen LogP contribution in [0, 0.1) is 5.82 Å². The Balaban J connectivity index is 1.58. The highest BCUT2D eigenvalue weighted by Crippen LogP contribution is 2.20. The summed E-state index contributed by atoms with van der Waals surface area (Å²) in [6.45, 7) is -0.837. The van der Waals surface area contributed by atoms with Crippen molar-refractivity contribution in [1.82, 2.24) is 14.4 Å². The number of carbonyl (C=O) groups is 1. The fourth-order valence-electron chi connectivity index (χ4n) is 2.30. The van der Waals surface area contributed by atoms with Crippen LogP contribution in [0.5, 0.6) is 0 Å². The van der Waals surface area contributed by atoms with E-state index in [1.54, 1.807) is 12.1 Å². The van der Waals surface area contributed by atoms with Gasteiger partial charge in [-0.05, 0) is 36.4 Å². The number of likely N-dealkylation sites (N-methyl/N-ethyl adjacent to an activating group) is 1. The molecule has 29 heavy (non-hydrogen) atoms. The van der Waals surface area contributed by atoms with Gasteiger partial charge in [-0.3, -0.25) is 4.79 Å². The van der Waals surface area contributed by atoms with Gasteiger partial charge in [-0.25, -0.2) is 12.8 Å². The largest absolute Gasteiger partial charge is 0.455 e. The molecule has 0 fully saturated rings. The van der Waals surface area contributed by atoms with Gasteiger partial charge < -0.3 is 9.26 Å². The maximum atomic E-state index is 13.0. The molecule has 2 aromatic carbocycles. The molecule has 0 spiro atoms. The van der Waals surface area contributed by atoms with Crippen LogP contribution in [-0.4, -0.2) is 42.4 Å². The molecule has 0 amide bonds. The average molecular weight is 484 g/mol. The zero-order valence-electron chi connectivity index (χ0n) is 15.1. The molecule has 0 radical (unpaired) electrons. The second-order valence-electron chi connectivity index (χ2n) is 5.90. The molecule has 0 saturated carbocycles. The van der Waals surface area contributed by atoms with E-state index < -0.39 is 28.4 Å². The van der Waals surface area contributed by atoms with Crippen molar-refractivity contribution >= 4 is 31.9 Å². The molecule has 0 unspecified atom stereocenters. The lowest BCUT2D eigenvalue weighted by molar-refractivity contribution is -0.145. The molecule has 1 aromatic heterocycles. The summed E-state index contributed by atoms with van der Waals surface area (Å²) in [5, 5.41) is 3.82. The molecule has 0 bridgehead atoms. The Bertz CT molecular complexity index is 1120. The Kier molecular flexibility index (Phi) is 6.40. The highest BCUT2D eigenvalue weighted by molar-refractivity contribution is 9.10. The number of nitrogens with zero attached hydrogens (tertiary/aromatic N) is 3. The summed E-state index contributed by atoms with van der Waals surface area (Å²) in [7, 11) is -2.74. The number of benzene rings is 2. The van der Waals surface area contributed by atoms with E-state index in [0.717, 1.165) is 33.0 Å². The van der Waals surface area contributed by atoms with Crippen LogP contribution in [0.1, 0.15) is 5.89 Å². The summed E-state index contributed by atoms with van der Waals surface area (Å²) in [5.74, 6) is -0.973. The van der Waals surface area contributed by atoms with Crippen LogP contribution in [0.4, 0.5) is 4.39 Å². The molecule has 3 aromatic rings. The first-order valence-electron chi connectivity index (χ1n) is 8.22. The van der Waals surface area contributed by atoms with E-state index in [1.165, 1.54) is 7.05 Å². The van der Waals surface area contributed by atoms with Gasteiger partial charge in [0.05, 0.1) is 4.90 Å². The quantitative estimate of drug-likeness (QED) is 0.475. The summed E-state index contributed by atoms with van der Waals surface area (Å²) >= 11 is 3.35. The fraction of sp³-hybridized carbons (Fsp3) is 0.167. The smallest absolute Gasteiger partial charge is 0.321 e. The Morgan fingerprint density at radius 2 is 1.97 bits per heavy atom. The molecular weight excluding hydrogens is 469 g/mol. The Morgan fingerprint density at radius 3 is 2.66 bits per heavy atom. The predicted molar refractivity (Wildman–Crippen MR) is 103 cm³/mol. The van der Waals surface area contributed by atoms with Crippen molar-refractivity contribution in [3.8, 4) is 11.4 Å². The topological polar surface area (TPSA) is 103 Å². The average Bonchev–Trinajstić information content (AvgIpc) is 3.16. The molecule has 0 saturated heterocycles. The van der Waals surface area contributed by atoms with Crippen molar-refractivity contribution < 1.29 is 26.9 Å². The van der Waals surface area contributed by atoms with Crippen molar-refractivity contribution in [2.75, 3.05) is 13.6 Å². The molecule has 8 nitrogen and oxygen atoms in total. The van der Waals surface area contributed by atoms with Crippen molar-refractivity contribution in [3.05, 3.63) is 64.7 Å². The molecule has 11 heteroatoms. The minimum absolute atomic E-state index is 0.0670. The second-order valence-corrected chi connectivity index (χ2v) is 8.86. The van der Waals surface area contributed by atoms with Crippen LogP contribution in [0.2, 0.25) is 0 Å². The molecule has 1 heterocycles. The molecule has 152 valence electrons. The first-order valence-corrected chi connectivity index (χ1v) is 10.4. The third kappa shape index (κ3) is 5.25. The van der Waals surface area contributed by atoms with Gasteiger partial charge in [-0.2, -0.15) is 9.29 Å². The monoisotopic (exact) mass is 483 g/mol. The highest BCUT2D eigenvalue weighted by atomic mass is 79.9. The lowest BCUT2D eigenvalue weighted by Crippen LogP contribution is -2.33. The third-order valence-electron chi connectivity index (χ3n) is 3.78. The fourth-order valence-corrected chi connectivity index (χ4v) is 3.81.